The van der Waals surface area contributed by atoms with Gasteiger partial charge >= 0.3 is 6.03 Å². The van der Waals surface area contributed by atoms with Crippen LogP contribution in [0.4, 0.5) is 16.2 Å². The van der Waals surface area contributed by atoms with Crippen molar-refractivity contribution in [2.45, 2.75) is 0 Å². The molecule has 0 aliphatic heterocycles. The Labute approximate surface area is 140 Å². The first-order valence-electron chi connectivity index (χ1n) is 5.58. The lowest BCUT2D eigenvalue weighted by molar-refractivity contribution is 0.262. The number of anilines is 2. The zero-order valence-corrected chi connectivity index (χ0v) is 13.3. The van der Waals surface area contributed by atoms with E-state index in [2.05, 4.69) is 10.6 Å². The molecule has 2 aromatic carbocycles. The van der Waals surface area contributed by atoms with Gasteiger partial charge in [0.2, 0.25) is 0 Å². The number of phenolic OH excluding ortho intramolecular Hbond substituents is 1. The lowest BCUT2D eigenvalue weighted by atomic mass is 10.3. The molecule has 0 aromatic heterocycles. The van der Waals surface area contributed by atoms with Gasteiger partial charge in [0.05, 0.1) is 20.8 Å². The van der Waals surface area contributed by atoms with Gasteiger partial charge in [0, 0.05) is 10.7 Å². The monoisotopic (exact) mass is 364 g/mol. The number of aromatic hydroxyl groups is 1. The van der Waals surface area contributed by atoms with Crippen LogP contribution in [0.5, 0.6) is 5.75 Å². The van der Waals surface area contributed by atoms with Crippen LogP contribution in [0.3, 0.4) is 0 Å². The Kier molecular flexibility index (Phi) is 5.06. The lowest BCUT2D eigenvalue weighted by Gasteiger charge is -2.10. The minimum absolute atomic E-state index is 0.0265. The second-order valence-electron chi connectivity index (χ2n) is 3.99. The summed E-state index contributed by atoms with van der Waals surface area (Å²) in [5.74, 6) is -0.248. The quantitative estimate of drug-likeness (QED) is 0.602. The third-order valence-electron chi connectivity index (χ3n) is 2.45. The van der Waals surface area contributed by atoms with E-state index in [1.165, 1.54) is 18.2 Å². The molecule has 0 spiro atoms. The number of halogens is 4. The average Bonchev–Trinajstić information content (AvgIpc) is 2.40. The van der Waals surface area contributed by atoms with E-state index in [1.807, 2.05) is 0 Å². The fraction of sp³-hybridized carbons (Fsp3) is 0. The van der Waals surface area contributed by atoms with Gasteiger partial charge in [0.25, 0.3) is 0 Å². The number of carbonyl (C=O) groups excluding carboxylic acids is 1. The van der Waals surface area contributed by atoms with Gasteiger partial charge in [0.1, 0.15) is 0 Å². The number of amides is 2. The second-order valence-corrected chi connectivity index (χ2v) is 5.65. The molecule has 0 aliphatic carbocycles. The number of hydrogen-bond acceptors (Lipinski definition) is 2. The first-order chi connectivity index (χ1) is 9.86. The number of hydrogen-bond donors (Lipinski definition) is 3. The predicted molar refractivity (Wildman–Crippen MR) is 87.2 cm³/mol. The molecular weight excluding hydrogens is 358 g/mol. The molecule has 3 N–H and O–H groups in total. The van der Waals surface area contributed by atoms with E-state index in [0.29, 0.717) is 21.4 Å². The van der Waals surface area contributed by atoms with Gasteiger partial charge in [-0.1, -0.05) is 46.4 Å². The molecule has 2 aromatic rings. The van der Waals surface area contributed by atoms with E-state index < -0.39 is 6.03 Å². The molecule has 0 bridgehead atoms. The maximum absolute atomic E-state index is 11.9. The van der Waals surface area contributed by atoms with Gasteiger partial charge in [-0.2, -0.15) is 0 Å². The van der Waals surface area contributed by atoms with Crippen LogP contribution in [0.1, 0.15) is 0 Å². The summed E-state index contributed by atoms with van der Waals surface area (Å²) < 4.78 is 0. The van der Waals surface area contributed by atoms with Crippen molar-refractivity contribution >= 4 is 63.8 Å². The van der Waals surface area contributed by atoms with Crippen LogP contribution in [0.25, 0.3) is 0 Å². The van der Waals surface area contributed by atoms with E-state index >= 15 is 0 Å². The third kappa shape index (κ3) is 4.08. The standard InChI is InChI=1S/C13H8Cl4N2O2/c14-6-1-2-8(15)11(3-6)19-13(21)18-7-4-9(16)12(20)10(17)5-7/h1-5,20H,(H2,18,19,21). The molecule has 0 heterocycles. The highest BCUT2D eigenvalue weighted by Crippen LogP contribution is 2.34. The van der Waals surface area contributed by atoms with E-state index in [9.17, 15) is 9.90 Å². The summed E-state index contributed by atoms with van der Waals surface area (Å²) in [6.45, 7) is 0. The Morgan fingerprint density at radius 1 is 0.905 bits per heavy atom. The van der Waals surface area contributed by atoms with Crippen LogP contribution in [-0.4, -0.2) is 11.1 Å². The smallest absolute Gasteiger partial charge is 0.323 e. The Bertz CT molecular complexity index is 684. The maximum atomic E-state index is 11.9. The Morgan fingerprint density at radius 3 is 2.14 bits per heavy atom. The SMILES string of the molecule is O=C(Nc1cc(Cl)c(O)c(Cl)c1)Nc1cc(Cl)ccc1Cl. The lowest BCUT2D eigenvalue weighted by Crippen LogP contribution is -2.19. The van der Waals surface area contributed by atoms with Gasteiger partial charge in [-0.05, 0) is 30.3 Å². The summed E-state index contributed by atoms with van der Waals surface area (Å²) in [6, 6.07) is 6.85. The highest BCUT2D eigenvalue weighted by atomic mass is 35.5. The summed E-state index contributed by atoms with van der Waals surface area (Å²) in [5, 5.41) is 15.3. The molecule has 0 saturated heterocycles. The fourth-order valence-corrected chi connectivity index (χ4v) is 2.34. The van der Waals surface area contributed by atoms with Crippen molar-refractivity contribution in [2.24, 2.45) is 0 Å². The van der Waals surface area contributed by atoms with E-state index in [1.54, 1.807) is 12.1 Å². The number of rotatable bonds is 2. The van der Waals surface area contributed by atoms with E-state index in [-0.39, 0.29) is 15.8 Å². The van der Waals surface area contributed by atoms with Crippen molar-refractivity contribution in [2.75, 3.05) is 10.6 Å². The summed E-state index contributed by atoms with van der Waals surface area (Å²) in [7, 11) is 0. The molecular formula is C13H8Cl4N2O2. The Hall–Kier alpha value is -1.33. The summed E-state index contributed by atoms with van der Waals surface area (Å²) in [5.41, 5.74) is 0.677. The Morgan fingerprint density at radius 2 is 1.52 bits per heavy atom. The van der Waals surface area contributed by atoms with Gasteiger partial charge < -0.3 is 15.7 Å². The van der Waals surface area contributed by atoms with Gasteiger partial charge in [-0.15, -0.1) is 0 Å². The van der Waals surface area contributed by atoms with Gasteiger partial charge in [0.15, 0.2) is 5.75 Å². The molecule has 0 saturated carbocycles. The molecule has 2 rings (SSSR count). The van der Waals surface area contributed by atoms with Crippen molar-refractivity contribution in [3.05, 3.63) is 50.4 Å². The Balaban J connectivity index is 2.13. The molecule has 0 radical (unpaired) electrons. The summed E-state index contributed by atoms with van der Waals surface area (Å²) in [6.07, 6.45) is 0. The zero-order valence-electron chi connectivity index (χ0n) is 10.3. The minimum atomic E-state index is -0.558. The van der Waals surface area contributed by atoms with Gasteiger partial charge in [-0.3, -0.25) is 0 Å². The topological polar surface area (TPSA) is 61.4 Å². The highest BCUT2D eigenvalue weighted by molar-refractivity contribution is 6.38. The largest absolute Gasteiger partial charge is 0.505 e. The maximum Gasteiger partial charge on any atom is 0.323 e. The van der Waals surface area contributed by atoms with Crippen LogP contribution in [0, 0.1) is 0 Å². The number of urea groups is 1. The van der Waals surface area contributed by atoms with Crippen LogP contribution in [0.15, 0.2) is 30.3 Å². The summed E-state index contributed by atoms with van der Waals surface area (Å²) >= 11 is 23.3. The molecule has 0 unspecified atom stereocenters. The molecule has 4 nitrogen and oxygen atoms in total. The van der Waals surface area contributed by atoms with Crippen molar-refractivity contribution < 1.29 is 9.90 Å². The van der Waals surface area contributed by atoms with Crippen molar-refractivity contribution in [1.82, 2.24) is 0 Å². The number of nitrogens with one attached hydrogen (secondary N) is 2. The molecule has 0 aliphatic rings. The van der Waals surface area contributed by atoms with E-state index in [0.717, 1.165) is 0 Å². The van der Waals surface area contributed by atoms with Crippen LogP contribution >= 0.6 is 46.4 Å². The van der Waals surface area contributed by atoms with Crippen molar-refractivity contribution in [3.63, 3.8) is 0 Å². The van der Waals surface area contributed by atoms with E-state index in [4.69, 9.17) is 46.4 Å². The van der Waals surface area contributed by atoms with Crippen molar-refractivity contribution in [1.29, 1.82) is 0 Å². The van der Waals surface area contributed by atoms with Crippen LogP contribution in [-0.2, 0) is 0 Å². The second kappa shape index (κ2) is 6.62. The first kappa shape index (κ1) is 16.0. The molecule has 8 heteroatoms. The molecule has 110 valence electrons. The third-order valence-corrected chi connectivity index (χ3v) is 3.59. The number of phenols is 1. The molecule has 0 atom stereocenters. The summed E-state index contributed by atoms with van der Waals surface area (Å²) in [4.78, 5) is 11.9. The molecule has 0 fully saturated rings. The fourth-order valence-electron chi connectivity index (χ4n) is 1.52. The first-order valence-corrected chi connectivity index (χ1v) is 7.09. The highest BCUT2D eigenvalue weighted by Gasteiger charge is 2.10. The molecule has 21 heavy (non-hydrogen) atoms. The van der Waals surface area contributed by atoms with Crippen LogP contribution < -0.4 is 10.6 Å². The minimum Gasteiger partial charge on any atom is -0.505 e. The number of carbonyl (C=O) groups is 1. The van der Waals surface area contributed by atoms with Crippen LogP contribution in [0.2, 0.25) is 20.1 Å². The average molecular weight is 366 g/mol. The predicted octanol–water partition coefficient (Wildman–Crippen LogP) is 5.65. The molecule has 2 amide bonds. The van der Waals surface area contributed by atoms with Crippen molar-refractivity contribution in [3.8, 4) is 5.75 Å². The zero-order chi connectivity index (χ0) is 15.6. The normalized spacial score (nSPS) is 10.3. The number of benzene rings is 2. The van der Waals surface area contributed by atoms with Gasteiger partial charge in [-0.25, -0.2) is 4.79 Å².